The van der Waals surface area contributed by atoms with Crippen LogP contribution in [-0.2, 0) is 16.0 Å². The molecule has 0 bridgehead atoms. The molecular weight excluding hydrogens is 282 g/mol. The first kappa shape index (κ1) is 14.1. The summed E-state index contributed by atoms with van der Waals surface area (Å²) in [7, 11) is 0. The number of rotatable bonds is 4. The topological polar surface area (TPSA) is 59.8 Å². The summed E-state index contributed by atoms with van der Waals surface area (Å²) in [6.07, 6.45) is 5.99. The zero-order valence-corrected chi connectivity index (χ0v) is 11.8. The summed E-state index contributed by atoms with van der Waals surface area (Å²) in [6, 6.07) is 11.2. The van der Waals surface area contributed by atoms with Crippen molar-refractivity contribution in [2.45, 2.75) is 12.5 Å². The van der Waals surface area contributed by atoms with Crippen LogP contribution >= 0.6 is 0 Å². The number of furan rings is 1. The van der Waals surface area contributed by atoms with Crippen molar-refractivity contribution in [2.24, 2.45) is 0 Å². The molecule has 1 aromatic heterocycles. The molecule has 1 saturated heterocycles. The molecule has 3 rings (SSSR count). The Bertz CT molecular complexity index is 676. The molecule has 0 saturated carbocycles. The smallest absolute Gasteiger partial charge is 0.417 e. The van der Waals surface area contributed by atoms with Crippen molar-refractivity contribution in [1.29, 1.82) is 0 Å². The first-order chi connectivity index (χ1) is 10.7. The van der Waals surface area contributed by atoms with Crippen LogP contribution in [0.1, 0.15) is 11.1 Å². The van der Waals surface area contributed by atoms with E-state index < -0.39 is 6.09 Å². The molecule has 0 spiro atoms. The summed E-state index contributed by atoms with van der Waals surface area (Å²) in [5.41, 5.74) is 1.82. The Morgan fingerprint density at radius 3 is 2.82 bits per heavy atom. The van der Waals surface area contributed by atoms with E-state index in [0.717, 1.165) is 11.1 Å². The van der Waals surface area contributed by atoms with E-state index in [0.29, 0.717) is 6.42 Å². The Balaban J connectivity index is 1.72. The van der Waals surface area contributed by atoms with Gasteiger partial charge in [-0.05, 0) is 24.1 Å². The van der Waals surface area contributed by atoms with Gasteiger partial charge in [0.25, 0.3) is 5.91 Å². The van der Waals surface area contributed by atoms with Gasteiger partial charge < -0.3 is 9.15 Å². The van der Waals surface area contributed by atoms with Gasteiger partial charge in [0.1, 0.15) is 6.61 Å². The molecule has 5 heteroatoms. The van der Waals surface area contributed by atoms with Gasteiger partial charge in [0.15, 0.2) is 0 Å². The lowest BCUT2D eigenvalue weighted by Crippen LogP contribution is -2.39. The van der Waals surface area contributed by atoms with Gasteiger partial charge in [-0.3, -0.25) is 4.79 Å². The van der Waals surface area contributed by atoms with E-state index >= 15 is 0 Å². The number of carbonyl (C=O) groups excluding carboxylic acids is 2. The SMILES string of the molecule is O=C(C=Cc1ccoc1)N1C(=O)OC[C@@H]1Cc1ccccc1. The molecule has 1 aliphatic heterocycles. The quantitative estimate of drug-likeness (QED) is 0.814. The number of benzene rings is 1. The van der Waals surface area contributed by atoms with E-state index in [-0.39, 0.29) is 18.6 Å². The Labute approximate surface area is 127 Å². The monoisotopic (exact) mass is 297 g/mol. The van der Waals surface area contributed by atoms with Crippen LogP contribution in [0.2, 0.25) is 0 Å². The summed E-state index contributed by atoms with van der Waals surface area (Å²) in [5, 5.41) is 0. The molecule has 2 heterocycles. The highest BCUT2D eigenvalue weighted by molar-refractivity contribution is 6.02. The Morgan fingerprint density at radius 2 is 2.09 bits per heavy atom. The number of nitrogens with zero attached hydrogens (tertiary/aromatic N) is 1. The van der Waals surface area contributed by atoms with Crippen LogP contribution in [0.3, 0.4) is 0 Å². The fourth-order valence-electron chi connectivity index (χ4n) is 2.38. The normalized spacial score (nSPS) is 17.9. The third-order valence-corrected chi connectivity index (χ3v) is 3.47. The zero-order valence-electron chi connectivity index (χ0n) is 11.8. The maximum absolute atomic E-state index is 12.3. The molecular formula is C17H15NO4. The van der Waals surface area contributed by atoms with Crippen LogP contribution in [0, 0.1) is 0 Å². The second-order valence-electron chi connectivity index (χ2n) is 5.02. The molecule has 22 heavy (non-hydrogen) atoms. The summed E-state index contributed by atoms with van der Waals surface area (Å²) in [5.74, 6) is -0.385. The Morgan fingerprint density at radius 1 is 1.27 bits per heavy atom. The summed E-state index contributed by atoms with van der Waals surface area (Å²) >= 11 is 0. The summed E-state index contributed by atoms with van der Waals surface area (Å²) in [6.45, 7) is 0.221. The number of carbonyl (C=O) groups is 2. The fraction of sp³-hybridized carbons (Fsp3) is 0.176. The summed E-state index contributed by atoms with van der Waals surface area (Å²) < 4.78 is 9.95. The minimum absolute atomic E-state index is 0.221. The van der Waals surface area contributed by atoms with Crippen molar-refractivity contribution in [3.8, 4) is 0 Å². The highest BCUT2D eigenvalue weighted by atomic mass is 16.6. The van der Waals surface area contributed by atoms with Crippen molar-refractivity contribution in [1.82, 2.24) is 4.90 Å². The van der Waals surface area contributed by atoms with Crippen molar-refractivity contribution in [3.05, 3.63) is 66.1 Å². The van der Waals surface area contributed by atoms with Crippen molar-refractivity contribution < 1.29 is 18.7 Å². The van der Waals surface area contributed by atoms with Gasteiger partial charge in [-0.15, -0.1) is 0 Å². The lowest BCUT2D eigenvalue weighted by atomic mass is 10.1. The molecule has 2 amide bonds. The standard InChI is InChI=1S/C17H15NO4/c19-16(7-6-14-8-9-21-11-14)18-15(12-22-17(18)20)10-13-4-2-1-3-5-13/h1-9,11,15H,10,12H2/t15-/m0/s1. The number of cyclic esters (lactones) is 1. The number of imide groups is 1. The summed E-state index contributed by atoms with van der Waals surface area (Å²) in [4.78, 5) is 25.2. The van der Waals surface area contributed by atoms with Crippen LogP contribution in [0.5, 0.6) is 0 Å². The number of hydrogen-bond acceptors (Lipinski definition) is 4. The maximum Gasteiger partial charge on any atom is 0.417 e. The third kappa shape index (κ3) is 3.09. The molecule has 1 aliphatic rings. The molecule has 5 nitrogen and oxygen atoms in total. The van der Waals surface area contributed by atoms with Crippen molar-refractivity contribution in [3.63, 3.8) is 0 Å². The lowest BCUT2D eigenvalue weighted by Gasteiger charge is -2.17. The van der Waals surface area contributed by atoms with Crippen LogP contribution < -0.4 is 0 Å². The molecule has 1 aromatic carbocycles. The Hall–Kier alpha value is -2.82. The van der Waals surface area contributed by atoms with E-state index in [1.54, 1.807) is 12.1 Å². The third-order valence-electron chi connectivity index (χ3n) is 3.47. The van der Waals surface area contributed by atoms with E-state index in [1.807, 2.05) is 30.3 Å². The molecule has 112 valence electrons. The van der Waals surface area contributed by atoms with E-state index in [4.69, 9.17) is 9.15 Å². The van der Waals surface area contributed by atoms with Gasteiger partial charge in [-0.2, -0.15) is 0 Å². The van der Waals surface area contributed by atoms with Crippen LogP contribution in [0.4, 0.5) is 4.79 Å². The average molecular weight is 297 g/mol. The van der Waals surface area contributed by atoms with Gasteiger partial charge in [-0.25, -0.2) is 9.69 Å². The van der Waals surface area contributed by atoms with E-state index in [1.165, 1.54) is 23.5 Å². The highest BCUT2D eigenvalue weighted by Crippen LogP contribution is 2.18. The Kier molecular flexibility index (Phi) is 4.05. The van der Waals surface area contributed by atoms with Crippen molar-refractivity contribution >= 4 is 18.1 Å². The second-order valence-corrected chi connectivity index (χ2v) is 5.02. The minimum Gasteiger partial charge on any atom is -0.472 e. The predicted octanol–water partition coefficient (Wildman–Crippen LogP) is 2.88. The second kappa shape index (κ2) is 6.30. The average Bonchev–Trinajstić information content (AvgIpc) is 3.16. The van der Waals surface area contributed by atoms with Gasteiger partial charge >= 0.3 is 6.09 Å². The minimum atomic E-state index is -0.595. The first-order valence-electron chi connectivity index (χ1n) is 6.98. The zero-order chi connectivity index (χ0) is 15.4. The van der Waals surface area contributed by atoms with Gasteiger partial charge in [-0.1, -0.05) is 30.3 Å². The van der Waals surface area contributed by atoms with Gasteiger partial charge in [0.05, 0.1) is 18.6 Å². The molecule has 0 N–H and O–H groups in total. The number of ether oxygens (including phenoxy) is 1. The molecule has 1 fully saturated rings. The first-order valence-corrected chi connectivity index (χ1v) is 6.98. The number of hydrogen-bond donors (Lipinski definition) is 0. The molecule has 0 unspecified atom stereocenters. The van der Waals surface area contributed by atoms with Gasteiger partial charge in [0, 0.05) is 11.6 Å². The van der Waals surface area contributed by atoms with Gasteiger partial charge in [0.2, 0.25) is 0 Å². The predicted molar refractivity (Wildman–Crippen MR) is 79.9 cm³/mol. The highest BCUT2D eigenvalue weighted by Gasteiger charge is 2.36. The molecule has 1 atom stereocenters. The van der Waals surface area contributed by atoms with Crippen molar-refractivity contribution in [2.75, 3.05) is 6.61 Å². The fourth-order valence-corrected chi connectivity index (χ4v) is 2.38. The van der Waals surface area contributed by atoms with Crippen LogP contribution in [-0.4, -0.2) is 29.5 Å². The molecule has 2 aromatic rings. The lowest BCUT2D eigenvalue weighted by molar-refractivity contribution is -0.124. The molecule has 0 radical (unpaired) electrons. The number of amides is 2. The van der Waals surface area contributed by atoms with E-state index in [9.17, 15) is 9.59 Å². The molecule has 0 aliphatic carbocycles. The van der Waals surface area contributed by atoms with E-state index in [2.05, 4.69) is 0 Å². The maximum atomic E-state index is 12.3. The largest absolute Gasteiger partial charge is 0.472 e. The van der Waals surface area contributed by atoms with Crippen LogP contribution in [0.15, 0.2) is 59.4 Å². The van der Waals surface area contributed by atoms with Crippen LogP contribution in [0.25, 0.3) is 6.08 Å².